The number of amides is 1. The number of hydrogen-bond donors (Lipinski definition) is 1. The molecule has 2 aromatic rings. The zero-order valence-corrected chi connectivity index (χ0v) is 16.4. The van der Waals surface area contributed by atoms with Gasteiger partial charge in [-0.1, -0.05) is 32.9 Å². The molecule has 0 radical (unpaired) electrons. The molecule has 0 saturated carbocycles. The molecule has 6 heteroatoms. The standard InChI is InChI=1S/C21H26N2O4/c1-21(2,3)16-7-10-17(11-8-16)27-14-20(24)23-22-13-15-6-9-18(25-4)12-19(15)26-5/h6-13H,14H2,1-5H3,(H,23,24). The van der Waals surface area contributed by atoms with Crippen molar-refractivity contribution < 1.29 is 19.0 Å². The molecule has 0 saturated heterocycles. The highest BCUT2D eigenvalue weighted by atomic mass is 16.5. The third kappa shape index (κ3) is 6.02. The van der Waals surface area contributed by atoms with Crippen molar-refractivity contribution in [3.05, 3.63) is 53.6 Å². The fourth-order valence-electron chi connectivity index (χ4n) is 2.33. The van der Waals surface area contributed by atoms with Gasteiger partial charge in [-0.3, -0.25) is 4.79 Å². The molecular formula is C21H26N2O4. The largest absolute Gasteiger partial charge is 0.497 e. The van der Waals surface area contributed by atoms with Crippen LogP contribution in [0.2, 0.25) is 0 Å². The number of carbonyl (C=O) groups is 1. The number of methoxy groups -OCH3 is 2. The average molecular weight is 370 g/mol. The van der Waals surface area contributed by atoms with E-state index >= 15 is 0 Å². The molecule has 0 aliphatic heterocycles. The van der Waals surface area contributed by atoms with E-state index in [2.05, 4.69) is 31.3 Å². The number of hydrazone groups is 1. The van der Waals surface area contributed by atoms with Crippen molar-refractivity contribution in [2.75, 3.05) is 20.8 Å². The zero-order chi connectivity index (χ0) is 19.9. The number of rotatable bonds is 7. The molecule has 6 nitrogen and oxygen atoms in total. The predicted molar refractivity (Wildman–Crippen MR) is 106 cm³/mol. The van der Waals surface area contributed by atoms with E-state index in [1.807, 2.05) is 24.3 Å². The number of nitrogens with one attached hydrogen (secondary N) is 1. The lowest BCUT2D eigenvalue weighted by Gasteiger charge is -2.19. The SMILES string of the molecule is COc1ccc(C=NNC(=O)COc2ccc(C(C)(C)C)cc2)c(OC)c1. The molecule has 0 fully saturated rings. The van der Waals surface area contributed by atoms with Crippen LogP contribution < -0.4 is 19.6 Å². The topological polar surface area (TPSA) is 69.2 Å². The lowest BCUT2D eigenvalue weighted by Crippen LogP contribution is -2.24. The summed E-state index contributed by atoms with van der Waals surface area (Å²) in [6.07, 6.45) is 1.51. The van der Waals surface area contributed by atoms with E-state index in [1.165, 1.54) is 11.8 Å². The van der Waals surface area contributed by atoms with Gasteiger partial charge in [0, 0.05) is 11.6 Å². The third-order valence-electron chi connectivity index (χ3n) is 3.92. The Morgan fingerprint density at radius 2 is 1.70 bits per heavy atom. The maximum Gasteiger partial charge on any atom is 0.277 e. The van der Waals surface area contributed by atoms with Crippen LogP contribution in [0.25, 0.3) is 0 Å². The quantitative estimate of drug-likeness (QED) is 0.598. The summed E-state index contributed by atoms with van der Waals surface area (Å²) in [6, 6.07) is 13.0. The van der Waals surface area contributed by atoms with E-state index in [-0.39, 0.29) is 17.9 Å². The molecule has 1 amide bonds. The molecule has 0 heterocycles. The Balaban J connectivity index is 1.87. The van der Waals surface area contributed by atoms with E-state index in [0.29, 0.717) is 17.2 Å². The summed E-state index contributed by atoms with van der Waals surface area (Å²) < 4.78 is 15.9. The van der Waals surface area contributed by atoms with E-state index in [4.69, 9.17) is 14.2 Å². The number of nitrogens with zero attached hydrogens (tertiary/aromatic N) is 1. The highest BCUT2D eigenvalue weighted by molar-refractivity contribution is 5.85. The van der Waals surface area contributed by atoms with E-state index in [9.17, 15) is 4.79 Å². The van der Waals surface area contributed by atoms with Gasteiger partial charge in [0.1, 0.15) is 17.2 Å². The van der Waals surface area contributed by atoms with Crippen LogP contribution in [0.3, 0.4) is 0 Å². The van der Waals surface area contributed by atoms with Gasteiger partial charge in [0.2, 0.25) is 0 Å². The summed E-state index contributed by atoms with van der Waals surface area (Å²) in [7, 11) is 3.14. The van der Waals surface area contributed by atoms with Gasteiger partial charge in [0.25, 0.3) is 5.91 Å². The van der Waals surface area contributed by atoms with Gasteiger partial charge >= 0.3 is 0 Å². The van der Waals surface area contributed by atoms with Crippen LogP contribution in [-0.2, 0) is 10.2 Å². The van der Waals surface area contributed by atoms with Crippen molar-refractivity contribution in [3.63, 3.8) is 0 Å². The van der Waals surface area contributed by atoms with Crippen molar-refractivity contribution in [2.24, 2.45) is 5.10 Å². The second-order valence-electron chi connectivity index (χ2n) is 6.96. The minimum atomic E-state index is -0.348. The van der Waals surface area contributed by atoms with Gasteiger partial charge in [0.15, 0.2) is 6.61 Å². The van der Waals surface area contributed by atoms with Crippen molar-refractivity contribution in [3.8, 4) is 17.2 Å². The number of benzene rings is 2. The normalized spacial score (nSPS) is 11.3. The Hall–Kier alpha value is -3.02. The van der Waals surface area contributed by atoms with Gasteiger partial charge in [-0.2, -0.15) is 5.10 Å². The first kappa shape index (κ1) is 20.3. The summed E-state index contributed by atoms with van der Waals surface area (Å²) in [5, 5.41) is 3.94. The number of carbonyl (C=O) groups excluding carboxylic acids is 1. The molecule has 0 unspecified atom stereocenters. The van der Waals surface area contributed by atoms with Crippen molar-refractivity contribution in [1.82, 2.24) is 5.43 Å². The van der Waals surface area contributed by atoms with E-state index < -0.39 is 0 Å². The summed E-state index contributed by atoms with van der Waals surface area (Å²) in [6.45, 7) is 6.32. The summed E-state index contributed by atoms with van der Waals surface area (Å²) in [5.74, 6) is 1.57. The number of ether oxygens (including phenoxy) is 3. The smallest absolute Gasteiger partial charge is 0.277 e. The Labute approximate surface area is 160 Å². The Bertz CT molecular complexity index is 793. The Kier molecular flexibility index (Phi) is 6.82. The predicted octanol–water partition coefficient (Wildman–Crippen LogP) is 3.53. The molecular weight excluding hydrogens is 344 g/mol. The molecule has 1 N–H and O–H groups in total. The highest BCUT2D eigenvalue weighted by Gasteiger charge is 2.13. The van der Waals surface area contributed by atoms with Crippen LogP contribution in [0, 0.1) is 0 Å². The van der Waals surface area contributed by atoms with Gasteiger partial charge in [-0.25, -0.2) is 5.43 Å². The van der Waals surface area contributed by atoms with Crippen LogP contribution >= 0.6 is 0 Å². The van der Waals surface area contributed by atoms with Crippen LogP contribution in [0.4, 0.5) is 0 Å². The summed E-state index contributed by atoms with van der Waals surface area (Å²) in [5.41, 5.74) is 4.44. The Morgan fingerprint density at radius 3 is 2.30 bits per heavy atom. The maximum absolute atomic E-state index is 11.9. The molecule has 0 aliphatic carbocycles. The molecule has 0 aromatic heterocycles. The van der Waals surface area contributed by atoms with E-state index in [0.717, 1.165) is 5.56 Å². The average Bonchev–Trinajstić information content (AvgIpc) is 2.66. The monoisotopic (exact) mass is 370 g/mol. The van der Waals surface area contributed by atoms with Crippen LogP contribution in [0.1, 0.15) is 31.9 Å². The van der Waals surface area contributed by atoms with Crippen LogP contribution in [0.15, 0.2) is 47.6 Å². The third-order valence-corrected chi connectivity index (χ3v) is 3.92. The second kappa shape index (κ2) is 9.07. The van der Waals surface area contributed by atoms with Gasteiger partial charge in [0.05, 0.1) is 20.4 Å². The van der Waals surface area contributed by atoms with Crippen molar-refractivity contribution in [2.45, 2.75) is 26.2 Å². The van der Waals surface area contributed by atoms with Gasteiger partial charge < -0.3 is 14.2 Å². The molecule has 2 rings (SSSR count). The highest BCUT2D eigenvalue weighted by Crippen LogP contribution is 2.24. The first-order valence-electron chi connectivity index (χ1n) is 8.61. The second-order valence-corrected chi connectivity index (χ2v) is 6.96. The molecule has 0 aliphatic rings. The van der Waals surface area contributed by atoms with Gasteiger partial charge in [-0.05, 0) is 35.2 Å². The molecule has 0 spiro atoms. The molecule has 0 bridgehead atoms. The zero-order valence-electron chi connectivity index (χ0n) is 16.4. The van der Waals surface area contributed by atoms with E-state index in [1.54, 1.807) is 32.4 Å². The number of hydrogen-bond acceptors (Lipinski definition) is 5. The minimum absolute atomic E-state index is 0.0765. The van der Waals surface area contributed by atoms with Crippen molar-refractivity contribution in [1.29, 1.82) is 0 Å². The lowest BCUT2D eigenvalue weighted by molar-refractivity contribution is -0.123. The minimum Gasteiger partial charge on any atom is -0.497 e. The molecule has 0 atom stereocenters. The first-order chi connectivity index (χ1) is 12.8. The molecule has 2 aromatic carbocycles. The fraction of sp³-hybridized carbons (Fsp3) is 0.333. The molecule has 27 heavy (non-hydrogen) atoms. The summed E-state index contributed by atoms with van der Waals surface area (Å²) >= 11 is 0. The van der Waals surface area contributed by atoms with Crippen LogP contribution in [0.5, 0.6) is 17.2 Å². The van der Waals surface area contributed by atoms with Gasteiger partial charge in [-0.15, -0.1) is 0 Å². The Morgan fingerprint density at radius 1 is 1.04 bits per heavy atom. The fourth-order valence-corrected chi connectivity index (χ4v) is 2.33. The first-order valence-corrected chi connectivity index (χ1v) is 8.61. The van der Waals surface area contributed by atoms with Crippen molar-refractivity contribution >= 4 is 12.1 Å². The molecule has 144 valence electrons. The maximum atomic E-state index is 11.9. The van der Waals surface area contributed by atoms with Crippen LogP contribution in [-0.4, -0.2) is 32.9 Å². The lowest BCUT2D eigenvalue weighted by atomic mass is 9.87. The summed E-state index contributed by atoms with van der Waals surface area (Å²) in [4.78, 5) is 11.9.